The van der Waals surface area contributed by atoms with Crippen molar-refractivity contribution in [3.05, 3.63) is 0 Å². The van der Waals surface area contributed by atoms with Crippen molar-refractivity contribution >= 4 is 5.91 Å². The topological polar surface area (TPSA) is 104 Å². The van der Waals surface area contributed by atoms with E-state index in [1.54, 1.807) is 0 Å². The number of nitrogens with zero attached hydrogens (tertiary/aromatic N) is 2. The van der Waals surface area contributed by atoms with Gasteiger partial charge in [-0.3, -0.25) is 9.69 Å². The molecule has 0 aromatic heterocycles. The molecule has 5 rings (SSSR count). The fourth-order valence-corrected chi connectivity index (χ4v) is 10.2. The first-order chi connectivity index (χ1) is 17.6. The highest BCUT2D eigenvalue weighted by atomic mass is 16.3. The van der Waals surface area contributed by atoms with E-state index in [-0.39, 0.29) is 47.6 Å². The summed E-state index contributed by atoms with van der Waals surface area (Å²) in [6.07, 6.45) is 6.76. The number of aliphatic hydroxyl groups excluding tert-OH is 4. The SMILES string of the molecule is C[C@H](CCC(=O)N1CCN(CCO)CC1)[C@H]1CC[C@H]2[C@@H]3[C@H](O)C[C@@H]4C[C@H](O)CC[C@]4(C)[C@H]3C[C@H](O)[C@]12C. The van der Waals surface area contributed by atoms with E-state index in [0.29, 0.717) is 42.6 Å². The lowest BCUT2D eigenvalue weighted by molar-refractivity contribution is -0.207. The third-order valence-electron chi connectivity index (χ3n) is 12.5. The third-order valence-corrected chi connectivity index (χ3v) is 12.5. The van der Waals surface area contributed by atoms with E-state index < -0.39 is 0 Å². The predicted octanol–water partition coefficient (Wildman–Crippen LogP) is 2.50. The summed E-state index contributed by atoms with van der Waals surface area (Å²) in [6, 6.07) is 0. The summed E-state index contributed by atoms with van der Waals surface area (Å²) in [5.41, 5.74) is -0.110. The Morgan fingerprint density at radius 1 is 0.973 bits per heavy atom. The molecule has 0 aromatic carbocycles. The Morgan fingerprint density at radius 3 is 2.41 bits per heavy atom. The van der Waals surface area contributed by atoms with Crippen LogP contribution in [-0.2, 0) is 4.79 Å². The Balaban J connectivity index is 1.24. The first-order valence-electron chi connectivity index (χ1n) is 15.2. The van der Waals surface area contributed by atoms with Crippen LogP contribution in [0.15, 0.2) is 0 Å². The van der Waals surface area contributed by atoms with E-state index in [1.165, 1.54) is 0 Å². The quantitative estimate of drug-likeness (QED) is 0.429. The first-order valence-corrected chi connectivity index (χ1v) is 15.2. The van der Waals surface area contributed by atoms with Gasteiger partial charge in [-0.15, -0.1) is 0 Å². The summed E-state index contributed by atoms with van der Waals surface area (Å²) >= 11 is 0. The van der Waals surface area contributed by atoms with Gasteiger partial charge in [0.15, 0.2) is 0 Å². The fraction of sp³-hybridized carbons (Fsp3) is 0.967. The van der Waals surface area contributed by atoms with Crippen molar-refractivity contribution in [3.63, 3.8) is 0 Å². The molecule has 1 saturated heterocycles. The number of aliphatic hydroxyl groups is 4. The second kappa shape index (κ2) is 10.7. The Hall–Kier alpha value is -0.730. The van der Waals surface area contributed by atoms with Crippen LogP contribution in [0.25, 0.3) is 0 Å². The van der Waals surface area contributed by atoms with Gasteiger partial charge in [-0.2, -0.15) is 0 Å². The number of hydrogen-bond acceptors (Lipinski definition) is 6. The average molecular weight is 521 g/mol. The second-order valence-corrected chi connectivity index (χ2v) is 14.0. The minimum absolute atomic E-state index is 0.1000. The molecule has 7 nitrogen and oxygen atoms in total. The number of carbonyl (C=O) groups excluding carboxylic acids is 1. The lowest BCUT2D eigenvalue weighted by atomic mass is 9.43. The molecule has 0 spiro atoms. The molecule has 1 heterocycles. The number of β-amino-alcohol motifs (C(OH)–C–C–N with tert-alkyl or cyclic N) is 1. The van der Waals surface area contributed by atoms with Crippen LogP contribution in [0.3, 0.4) is 0 Å². The van der Waals surface area contributed by atoms with E-state index >= 15 is 0 Å². The molecule has 0 radical (unpaired) electrons. The summed E-state index contributed by atoms with van der Waals surface area (Å²) in [5.74, 6) is 2.19. The molecule has 0 unspecified atom stereocenters. The van der Waals surface area contributed by atoms with Gasteiger partial charge in [-0.25, -0.2) is 0 Å². The summed E-state index contributed by atoms with van der Waals surface area (Å²) in [7, 11) is 0. The molecule has 5 aliphatic rings. The second-order valence-electron chi connectivity index (χ2n) is 14.0. The van der Waals surface area contributed by atoms with Crippen LogP contribution >= 0.6 is 0 Å². The molecule has 1 amide bonds. The van der Waals surface area contributed by atoms with Crippen LogP contribution in [0.4, 0.5) is 0 Å². The molecule has 4 N–H and O–H groups in total. The molecule has 4 aliphatic carbocycles. The van der Waals surface area contributed by atoms with Crippen LogP contribution in [0.1, 0.15) is 78.6 Å². The monoisotopic (exact) mass is 520 g/mol. The Bertz CT molecular complexity index is 818. The number of hydrogen-bond donors (Lipinski definition) is 4. The first kappa shape index (κ1) is 27.8. The summed E-state index contributed by atoms with van der Waals surface area (Å²) in [5, 5.41) is 42.7. The summed E-state index contributed by atoms with van der Waals surface area (Å²) in [4.78, 5) is 17.2. The lowest BCUT2D eigenvalue weighted by Crippen LogP contribution is -2.62. The number of fused-ring (bicyclic) bond motifs is 5. The summed E-state index contributed by atoms with van der Waals surface area (Å²) < 4.78 is 0. The van der Waals surface area contributed by atoms with Crippen molar-refractivity contribution < 1.29 is 25.2 Å². The van der Waals surface area contributed by atoms with Crippen LogP contribution < -0.4 is 0 Å². The molecular weight excluding hydrogens is 468 g/mol. The Labute approximate surface area is 223 Å². The standard InChI is InChI=1S/C30H52N2O5/c1-19(4-7-27(37)32-12-10-31(11-13-32)14-15-33)22-5-6-23-28-24(18-26(36)30(22,23)3)29(2)9-8-21(34)16-20(29)17-25(28)35/h19-26,28,33-36H,4-18H2,1-3H3/t19-,20+,21-,22-,23+,24+,25-,26+,28+,29+,30-/m1/s1. The molecule has 1 aliphatic heterocycles. The van der Waals surface area contributed by atoms with Crippen molar-refractivity contribution in [2.24, 2.45) is 46.3 Å². The Kier molecular flexibility index (Phi) is 8.03. The molecule has 11 atom stereocenters. The number of amides is 1. The molecule has 0 bridgehead atoms. The molecule has 0 aromatic rings. The number of carbonyl (C=O) groups is 1. The van der Waals surface area contributed by atoms with Crippen molar-refractivity contribution in [1.29, 1.82) is 0 Å². The van der Waals surface area contributed by atoms with Gasteiger partial charge in [0, 0.05) is 39.1 Å². The molecule has 7 heteroatoms. The lowest BCUT2D eigenvalue weighted by Gasteiger charge is -2.63. The van der Waals surface area contributed by atoms with E-state index in [0.717, 1.165) is 77.5 Å². The highest BCUT2D eigenvalue weighted by Gasteiger charge is 2.65. The van der Waals surface area contributed by atoms with Gasteiger partial charge in [0.1, 0.15) is 0 Å². The molecular formula is C30H52N2O5. The summed E-state index contributed by atoms with van der Waals surface area (Å²) in [6.45, 7) is 11.0. The fourth-order valence-electron chi connectivity index (χ4n) is 10.2. The maximum atomic E-state index is 13.0. The zero-order valence-corrected chi connectivity index (χ0v) is 23.4. The van der Waals surface area contributed by atoms with Crippen LogP contribution in [0, 0.1) is 46.3 Å². The van der Waals surface area contributed by atoms with Gasteiger partial charge in [0.05, 0.1) is 24.9 Å². The number of rotatable bonds is 6. The van der Waals surface area contributed by atoms with Gasteiger partial charge >= 0.3 is 0 Å². The van der Waals surface area contributed by atoms with E-state index in [4.69, 9.17) is 5.11 Å². The normalized spacial score (nSPS) is 47.2. The highest BCUT2D eigenvalue weighted by Crippen LogP contribution is 2.68. The minimum Gasteiger partial charge on any atom is -0.395 e. The van der Waals surface area contributed by atoms with Crippen molar-refractivity contribution in [1.82, 2.24) is 9.80 Å². The van der Waals surface area contributed by atoms with Gasteiger partial charge in [0.25, 0.3) is 0 Å². The van der Waals surface area contributed by atoms with E-state index in [2.05, 4.69) is 25.7 Å². The van der Waals surface area contributed by atoms with Crippen molar-refractivity contribution in [2.75, 3.05) is 39.3 Å². The maximum Gasteiger partial charge on any atom is 0.222 e. The molecule has 5 fully saturated rings. The molecule has 37 heavy (non-hydrogen) atoms. The van der Waals surface area contributed by atoms with Crippen molar-refractivity contribution in [3.8, 4) is 0 Å². The maximum absolute atomic E-state index is 13.0. The van der Waals surface area contributed by atoms with Crippen LogP contribution in [0.5, 0.6) is 0 Å². The van der Waals surface area contributed by atoms with E-state index in [1.807, 2.05) is 4.90 Å². The van der Waals surface area contributed by atoms with Gasteiger partial charge in [-0.05, 0) is 97.7 Å². The predicted molar refractivity (Wildman–Crippen MR) is 143 cm³/mol. The van der Waals surface area contributed by atoms with Crippen LogP contribution in [0.2, 0.25) is 0 Å². The average Bonchev–Trinajstić information content (AvgIpc) is 3.23. The van der Waals surface area contributed by atoms with Crippen molar-refractivity contribution in [2.45, 2.75) is 96.9 Å². The Morgan fingerprint density at radius 2 is 1.70 bits per heavy atom. The van der Waals surface area contributed by atoms with E-state index in [9.17, 15) is 20.1 Å². The molecule has 212 valence electrons. The zero-order chi connectivity index (χ0) is 26.5. The van der Waals surface area contributed by atoms with Crippen LogP contribution in [-0.4, -0.2) is 93.8 Å². The van der Waals surface area contributed by atoms with Gasteiger partial charge in [0.2, 0.25) is 5.91 Å². The molecule has 4 saturated carbocycles. The number of piperazine rings is 1. The van der Waals surface area contributed by atoms with Gasteiger partial charge in [-0.1, -0.05) is 20.8 Å². The smallest absolute Gasteiger partial charge is 0.222 e. The zero-order valence-electron chi connectivity index (χ0n) is 23.4. The third kappa shape index (κ3) is 4.79. The highest BCUT2D eigenvalue weighted by molar-refractivity contribution is 5.76. The van der Waals surface area contributed by atoms with Gasteiger partial charge < -0.3 is 25.3 Å². The minimum atomic E-state index is -0.376. The largest absolute Gasteiger partial charge is 0.395 e.